The zero-order valence-corrected chi connectivity index (χ0v) is 10.7. The van der Waals surface area contributed by atoms with Gasteiger partial charge in [0.05, 0.1) is 23.5 Å². The molecule has 0 radical (unpaired) electrons. The molecule has 0 fully saturated rings. The molecule has 0 spiro atoms. The van der Waals surface area contributed by atoms with E-state index in [1.807, 2.05) is 6.07 Å². The van der Waals surface area contributed by atoms with Gasteiger partial charge in [0.15, 0.2) is 9.84 Å². The van der Waals surface area contributed by atoms with Crippen LogP contribution in [0.25, 0.3) is 5.52 Å². The van der Waals surface area contributed by atoms with E-state index in [0.29, 0.717) is 5.69 Å². The van der Waals surface area contributed by atoms with Crippen molar-refractivity contribution in [3.8, 4) is 0 Å². The van der Waals surface area contributed by atoms with Crippen LogP contribution in [0.15, 0.2) is 41.9 Å². The number of amides is 1. The minimum Gasteiger partial charge on any atom is -0.343 e. The number of hydrogen-bond acceptors (Lipinski definition) is 4. The molecule has 1 amide bonds. The van der Waals surface area contributed by atoms with Crippen molar-refractivity contribution in [1.82, 2.24) is 14.9 Å². The quantitative estimate of drug-likeness (QED) is 0.860. The van der Waals surface area contributed by atoms with Crippen molar-refractivity contribution in [3.63, 3.8) is 0 Å². The third-order valence-corrected chi connectivity index (χ3v) is 4.30. The van der Waals surface area contributed by atoms with Gasteiger partial charge in [-0.1, -0.05) is 6.07 Å². The molecular weight excluding hydrogens is 266 g/mol. The maximum Gasteiger partial charge on any atom is 0.270 e. The van der Waals surface area contributed by atoms with Crippen LogP contribution >= 0.6 is 0 Å². The highest BCUT2D eigenvalue weighted by Gasteiger charge is 2.24. The number of aromatic nitrogens is 2. The Bertz CT molecular complexity index is 776. The number of nitrogens with zero attached hydrogens (tertiary/aromatic N) is 2. The zero-order valence-electron chi connectivity index (χ0n) is 9.85. The summed E-state index contributed by atoms with van der Waals surface area (Å²) in [4.78, 5) is 12.1. The first-order chi connectivity index (χ1) is 9.05. The molecule has 0 aliphatic carbocycles. The van der Waals surface area contributed by atoms with Gasteiger partial charge in [-0.3, -0.25) is 4.79 Å². The summed E-state index contributed by atoms with van der Waals surface area (Å²) in [6, 6.07) is 6.54. The van der Waals surface area contributed by atoms with Gasteiger partial charge in [0.25, 0.3) is 5.91 Å². The summed E-state index contributed by atoms with van der Waals surface area (Å²) in [6.07, 6.45) is 3.09. The molecule has 3 heterocycles. The average Bonchev–Trinajstić information content (AvgIpc) is 2.94. The SMILES string of the molecule is O=C(NC1C=CS(=O)(=O)C1)c1cccc2ccnn12. The number of fused-ring (bicyclic) bond motifs is 1. The fraction of sp³-hybridized carbons (Fsp3) is 0.167. The van der Waals surface area contributed by atoms with Gasteiger partial charge in [-0.05, 0) is 24.3 Å². The number of carbonyl (C=O) groups excluding carboxylic acids is 1. The summed E-state index contributed by atoms with van der Waals surface area (Å²) in [5.74, 6) is -0.436. The zero-order chi connectivity index (χ0) is 13.5. The molecule has 1 unspecified atom stereocenters. The van der Waals surface area contributed by atoms with Crippen molar-refractivity contribution in [1.29, 1.82) is 0 Å². The van der Waals surface area contributed by atoms with Crippen LogP contribution in [0, 0.1) is 0 Å². The van der Waals surface area contributed by atoms with Crippen LogP contribution in [0.4, 0.5) is 0 Å². The maximum atomic E-state index is 12.1. The summed E-state index contributed by atoms with van der Waals surface area (Å²) >= 11 is 0. The Kier molecular flexibility index (Phi) is 2.63. The van der Waals surface area contributed by atoms with E-state index >= 15 is 0 Å². The van der Waals surface area contributed by atoms with E-state index < -0.39 is 15.9 Å². The lowest BCUT2D eigenvalue weighted by Gasteiger charge is -2.10. The summed E-state index contributed by atoms with van der Waals surface area (Å²) in [7, 11) is -3.17. The van der Waals surface area contributed by atoms with E-state index in [1.54, 1.807) is 24.4 Å². The predicted molar refractivity (Wildman–Crippen MR) is 69.4 cm³/mol. The molecule has 2 aromatic rings. The van der Waals surface area contributed by atoms with E-state index in [1.165, 1.54) is 10.6 Å². The largest absolute Gasteiger partial charge is 0.343 e. The Morgan fingerprint density at radius 3 is 2.95 bits per heavy atom. The van der Waals surface area contributed by atoms with Crippen LogP contribution in [0.5, 0.6) is 0 Å². The highest BCUT2D eigenvalue weighted by molar-refractivity contribution is 7.94. The van der Waals surface area contributed by atoms with Crippen molar-refractivity contribution in [2.24, 2.45) is 0 Å². The van der Waals surface area contributed by atoms with Crippen LogP contribution in [-0.2, 0) is 9.84 Å². The average molecular weight is 277 g/mol. The lowest BCUT2D eigenvalue weighted by molar-refractivity contribution is 0.0940. The Morgan fingerprint density at radius 2 is 2.21 bits per heavy atom. The van der Waals surface area contributed by atoms with E-state index in [-0.39, 0.29) is 11.7 Å². The number of hydrogen-bond donors (Lipinski definition) is 1. The molecule has 1 aliphatic heterocycles. The molecule has 1 N–H and O–H groups in total. The lowest BCUT2D eigenvalue weighted by Crippen LogP contribution is -2.36. The fourth-order valence-electron chi connectivity index (χ4n) is 2.03. The van der Waals surface area contributed by atoms with E-state index in [2.05, 4.69) is 10.4 Å². The second-order valence-electron chi connectivity index (χ2n) is 4.32. The van der Waals surface area contributed by atoms with Crippen molar-refractivity contribution < 1.29 is 13.2 Å². The Hall–Kier alpha value is -2.15. The minimum atomic E-state index is -3.17. The summed E-state index contributed by atoms with van der Waals surface area (Å²) in [6.45, 7) is 0. The Morgan fingerprint density at radius 1 is 1.37 bits per heavy atom. The second kappa shape index (κ2) is 4.20. The molecule has 98 valence electrons. The minimum absolute atomic E-state index is 0.0895. The molecule has 2 aromatic heterocycles. The van der Waals surface area contributed by atoms with Gasteiger partial charge >= 0.3 is 0 Å². The summed E-state index contributed by atoms with van der Waals surface area (Å²) < 4.78 is 24.1. The number of sulfone groups is 1. The smallest absolute Gasteiger partial charge is 0.270 e. The number of carbonyl (C=O) groups is 1. The fourth-order valence-corrected chi connectivity index (χ4v) is 3.26. The standard InChI is InChI=1S/C12H11N3O3S/c16-12(14-9-5-7-19(17,18)8-9)11-3-1-2-10-4-6-13-15(10)11/h1-7,9H,8H2,(H,14,16). The van der Waals surface area contributed by atoms with Gasteiger partial charge in [-0.25, -0.2) is 12.9 Å². The topological polar surface area (TPSA) is 80.5 Å². The molecule has 19 heavy (non-hydrogen) atoms. The van der Waals surface area contributed by atoms with Crippen LogP contribution in [0.2, 0.25) is 0 Å². The first kappa shape index (κ1) is 11.9. The highest BCUT2D eigenvalue weighted by atomic mass is 32.2. The first-order valence-corrected chi connectivity index (χ1v) is 7.41. The third kappa shape index (κ3) is 2.24. The van der Waals surface area contributed by atoms with Crippen molar-refractivity contribution >= 4 is 21.3 Å². The number of nitrogens with one attached hydrogen (secondary N) is 1. The molecule has 0 saturated carbocycles. The van der Waals surface area contributed by atoms with Gasteiger partial charge in [0, 0.05) is 5.41 Å². The molecule has 3 rings (SSSR count). The Labute approximate surface area is 109 Å². The van der Waals surface area contributed by atoms with Gasteiger partial charge in [0.2, 0.25) is 0 Å². The third-order valence-electron chi connectivity index (χ3n) is 2.90. The molecule has 0 bridgehead atoms. The maximum absolute atomic E-state index is 12.1. The summed E-state index contributed by atoms with van der Waals surface area (Å²) in [5, 5.41) is 7.86. The molecule has 1 atom stereocenters. The van der Waals surface area contributed by atoms with E-state index in [0.717, 1.165) is 10.9 Å². The van der Waals surface area contributed by atoms with Gasteiger partial charge in [-0.2, -0.15) is 5.10 Å². The second-order valence-corrected chi connectivity index (χ2v) is 6.25. The van der Waals surface area contributed by atoms with E-state index in [4.69, 9.17) is 0 Å². The van der Waals surface area contributed by atoms with Crippen molar-refractivity contribution in [3.05, 3.63) is 47.6 Å². The normalized spacial score (nSPS) is 20.7. The van der Waals surface area contributed by atoms with Crippen LogP contribution in [-0.4, -0.2) is 35.7 Å². The lowest BCUT2D eigenvalue weighted by atomic mass is 10.2. The number of rotatable bonds is 2. The predicted octanol–water partition coefficient (Wildman–Crippen LogP) is 0.375. The van der Waals surface area contributed by atoms with Crippen molar-refractivity contribution in [2.45, 2.75) is 6.04 Å². The van der Waals surface area contributed by atoms with Crippen molar-refractivity contribution in [2.75, 3.05) is 5.75 Å². The monoisotopic (exact) mass is 277 g/mol. The number of pyridine rings is 1. The summed E-state index contributed by atoms with van der Waals surface area (Å²) in [5.41, 5.74) is 1.18. The van der Waals surface area contributed by atoms with Gasteiger partial charge < -0.3 is 5.32 Å². The molecule has 1 aliphatic rings. The first-order valence-electron chi connectivity index (χ1n) is 5.70. The molecule has 6 nitrogen and oxygen atoms in total. The molecule has 0 saturated heterocycles. The molecular formula is C12H11N3O3S. The highest BCUT2D eigenvalue weighted by Crippen LogP contribution is 2.10. The van der Waals surface area contributed by atoms with Gasteiger partial charge in [0.1, 0.15) is 5.69 Å². The van der Waals surface area contributed by atoms with Gasteiger partial charge in [-0.15, -0.1) is 0 Å². The molecule has 7 heteroatoms. The van der Waals surface area contributed by atoms with E-state index in [9.17, 15) is 13.2 Å². The van der Waals surface area contributed by atoms with Crippen LogP contribution < -0.4 is 5.32 Å². The molecule has 0 aromatic carbocycles. The Balaban J connectivity index is 1.85. The van der Waals surface area contributed by atoms with Crippen LogP contribution in [0.3, 0.4) is 0 Å². The van der Waals surface area contributed by atoms with Crippen LogP contribution in [0.1, 0.15) is 10.5 Å².